The third-order valence-electron chi connectivity index (χ3n) is 4.92. The van der Waals surface area contributed by atoms with Crippen molar-refractivity contribution < 1.29 is 9.90 Å². The van der Waals surface area contributed by atoms with E-state index in [-0.39, 0.29) is 28.4 Å². The normalized spacial score (nSPS) is 10.8. The number of fused-ring (bicyclic) bond motifs is 1. The molecule has 4 aromatic rings. The van der Waals surface area contributed by atoms with Gasteiger partial charge in [-0.05, 0) is 40.6 Å². The summed E-state index contributed by atoms with van der Waals surface area (Å²) < 4.78 is 0. The van der Waals surface area contributed by atoms with Gasteiger partial charge in [-0.1, -0.05) is 72.2 Å². The summed E-state index contributed by atoms with van der Waals surface area (Å²) in [6.45, 7) is 3.44. The molecule has 5 nitrogen and oxygen atoms in total. The Labute approximate surface area is 195 Å². The number of anilines is 1. The van der Waals surface area contributed by atoms with E-state index in [9.17, 15) is 9.90 Å². The monoisotopic (exact) mass is 463 g/mol. The largest absolute Gasteiger partial charge is 0.513 e. The zero-order chi connectivity index (χ0) is 22.7. The van der Waals surface area contributed by atoms with Gasteiger partial charge < -0.3 is 10.4 Å². The Morgan fingerprint density at radius 1 is 0.938 bits per heavy atom. The molecule has 4 rings (SSSR count). The molecule has 1 aromatic heterocycles. The predicted octanol–water partition coefficient (Wildman–Crippen LogP) is 6.39. The van der Waals surface area contributed by atoms with Crippen molar-refractivity contribution in [2.75, 3.05) is 5.32 Å². The van der Waals surface area contributed by atoms with E-state index in [1.165, 1.54) is 0 Å². The summed E-state index contributed by atoms with van der Waals surface area (Å²) in [7, 11) is 0. The third kappa shape index (κ3) is 5.07. The second-order valence-electron chi connectivity index (χ2n) is 7.33. The number of carbonyl (C=O) groups excluding carboxylic acids is 1. The lowest BCUT2D eigenvalue weighted by Gasteiger charge is -2.09. The molecule has 0 spiro atoms. The first-order valence-corrected chi connectivity index (χ1v) is 10.6. The van der Waals surface area contributed by atoms with Crippen molar-refractivity contribution in [3.8, 4) is 0 Å². The molecule has 0 saturated carbocycles. The number of nitrogens with one attached hydrogen (secondary N) is 1. The van der Waals surface area contributed by atoms with Gasteiger partial charge in [0.05, 0.1) is 5.76 Å². The highest BCUT2D eigenvalue weighted by atomic mass is 35.5. The average molecular weight is 464 g/mol. The molecule has 0 atom stereocenters. The maximum Gasteiger partial charge on any atom is 0.255 e. The molecule has 0 aliphatic carbocycles. The Balaban J connectivity index is 1.45. The van der Waals surface area contributed by atoms with Crippen LogP contribution in [0.5, 0.6) is 0 Å². The fraction of sp³-hybridized carbons (Fsp3) is 0.0800. The van der Waals surface area contributed by atoms with Crippen LogP contribution in [0.25, 0.3) is 10.8 Å². The maximum absolute atomic E-state index is 12.6. The van der Waals surface area contributed by atoms with Crippen LogP contribution in [0.2, 0.25) is 10.3 Å². The van der Waals surface area contributed by atoms with Crippen molar-refractivity contribution in [2.24, 2.45) is 0 Å². The number of allylic oxidation sites excluding steroid dienone is 1. The van der Waals surface area contributed by atoms with Gasteiger partial charge in [-0.25, -0.2) is 9.97 Å². The first-order valence-electron chi connectivity index (χ1n) is 9.85. The topological polar surface area (TPSA) is 75.1 Å². The molecule has 3 aromatic carbocycles. The summed E-state index contributed by atoms with van der Waals surface area (Å²) in [4.78, 5) is 21.2. The Bertz CT molecular complexity index is 1300. The number of aromatic nitrogens is 2. The number of benzene rings is 3. The number of hydrogen-bond donors (Lipinski definition) is 2. The first-order chi connectivity index (χ1) is 15.4. The molecule has 0 aliphatic rings. The minimum absolute atomic E-state index is 0.0634. The second kappa shape index (κ2) is 9.39. The molecule has 1 amide bonds. The SMILES string of the molecule is C=C(O)Cc1c(Cl)nc(Cc2ccc(NC(=O)c3ccc4ccccc4c3)cc2)nc1Cl. The summed E-state index contributed by atoms with van der Waals surface area (Å²) in [5, 5.41) is 14.8. The van der Waals surface area contributed by atoms with Crippen LogP contribution in [0.15, 0.2) is 79.1 Å². The van der Waals surface area contributed by atoms with Crippen LogP contribution in [0.3, 0.4) is 0 Å². The molecule has 160 valence electrons. The lowest BCUT2D eigenvalue weighted by molar-refractivity contribution is 0.102. The van der Waals surface area contributed by atoms with Crippen LogP contribution >= 0.6 is 23.2 Å². The van der Waals surface area contributed by atoms with Gasteiger partial charge in [-0.2, -0.15) is 0 Å². The molecule has 0 saturated heterocycles. The summed E-state index contributed by atoms with van der Waals surface area (Å²) in [5.74, 6) is 0.221. The Kier molecular flexibility index (Phi) is 6.40. The highest BCUT2D eigenvalue weighted by Gasteiger charge is 2.13. The zero-order valence-corrected chi connectivity index (χ0v) is 18.5. The lowest BCUT2D eigenvalue weighted by Crippen LogP contribution is -2.11. The molecule has 0 unspecified atom stereocenters. The molecule has 7 heteroatoms. The quantitative estimate of drug-likeness (QED) is 0.256. The highest BCUT2D eigenvalue weighted by Crippen LogP contribution is 2.24. The second-order valence-corrected chi connectivity index (χ2v) is 8.05. The van der Waals surface area contributed by atoms with Crippen molar-refractivity contribution >= 4 is 45.6 Å². The van der Waals surface area contributed by atoms with Crippen molar-refractivity contribution in [3.63, 3.8) is 0 Å². The van der Waals surface area contributed by atoms with Crippen LogP contribution in [0.1, 0.15) is 27.3 Å². The summed E-state index contributed by atoms with van der Waals surface area (Å²) >= 11 is 12.4. The van der Waals surface area contributed by atoms with Gasteiger partial charge in [0.15, 0.2) is 0 Å². The molecule has 1 heterocycles. The van der Waals surface area contributed by atoms with Gasteiger partial charge in [-0.15, -0.1) is 0 Å². The van der Waals surface area contributed by atoms with E-state index >= 15 is 0 Å². The predicted molar refractivity (Wildman–Crippen MR) is 129 cm³/mol. The fourth-order valence-electron chi connectivity index (χ4n) is 3.32. The Morgan fingerprint density at radius 2 is 1.59 bits per heavy atom. The van der Waals surface area contributed by atoms with Crippen molar-refractivity contribution in [3.05, 3.63) is 112 Å². The van der Waals surface area contributed by atoms with E-state index in [0.29, 0.717) is 29.1 Å². The minimum Gasteiger partial charge on any atom is -0.513 e. The molecule has 0 fully saturated rings. The van der Waals surface area contributed by atoms with Crippen LogP contribution in [-0.4, -0.2) is 21.0 Å². The molecule has 0 bridgehead atoms. The van der Waals surface area contributed by atoms with E-state index in [0.717, 1.165) is 16.3 Å². The first kappa shape index (κ1) is 21.8. The molecule has 2 N–H and O–H groups in total. The molecular formula is C25H19Cl2N3O2. The van der Waals surface area contributed by atoms with Gasteiger partial charge in [0, 0.05) is 29.7 Å². The summed E-state index contributed by atoms with van der Waals surface area (Å²) in [6, 6.07) is 20.9. The number of amides is 1. The zero-order valence-electron chi connectivity index (χ0n) is 17.0. The van der Waals surface area contributed by atoms with E-state index < -0.39 is 0 Å². The lowest BCUT2D eigenvalue weighted by atomic mass is 10.1. The molecule has 32 heavy (non-hydrogen) atoms. The smallest absolute Gasteiger partial charge is 0.255 e. The van der Waals surface area contributed by atoms with E-state index in [4.69, 9.17) is 23.2 Å². The van der Waals surface area contributed by atoms with Crippen molar-refractivity contribution in [1.82, 2.24) is 9.97 Å². The average Bonchev–Trinajstić information content (AvgIpc) is 2.77. The molecule has 0 radical (unpaired) electrons. The van der Waals surface area contributed by atoms with Crippen LogP contribution < -0.4 is 5.32 Å². The van der Waals surface area contributed by atoms with Gasteiger partial charge in [0.1, 0.15) is 16.1 Å². The van der Waals surface area contributed by atoms with Gasteiger partial charge in [0.25, 0.3) is 5.91 Å². The van der Waals surface area contributed by atoms with Crippen molar-refractivity contribution in [2.45, 2.75) is 12.8 Å². The van der Waals surface area contributed by atoms with Crippen LogP contribution in [-0.2, 0) is 12.8 Å². The van der Waals surface area contributed by atoms with E-state index in [1.54, 1.807) is 0 Å². The Morgan fingerprint density at radius 3 is 2.25 bits per heavy atom. The van der Waals surface area contributed by atoms with Crippen LogP contribution in [0, 0.1) is 0 Å². The number of hydrogen-bond acceptors (Lipinski definition) is 4. The highest BCUT2D eigenvalue weighted by molar-refractivity contribution is 6.34. The summed E-state index contributed by atoms with van der Waals surface area (Å²) in [6.07, 6.45) is 0.516. The number of halogens is 2. The maximum atomic E-state index is 12.6. The Hall–Kier alpha value is -3.41. The molecular weight excluding hydrogens is 445 g/mol. The number of carbonyl (C=O) groups is 1. The number of aliphatic hydroxyl groups is 1. The van der Waals surface area contributed by atoms with Crippen molar-refractivity contribution in [1.29, 1.82) is 0 Å². The third-order valence-corrected chi connectivity index (χ3v) is 5.54. The number of nitrogens with zero attached hydrogens (tertiary/aromatic N) is 2. The summed E-state index contributed by atoms with van der Waals surface area (Å²) in [5.41, 5.74) is 2.65. The van der Waals surface area contributed by atoms with E-state index in [1.807, 2.05) is 66.7 Å². The molecule has 0 aliphatic heterocycles. The number of rotatable bonds is 6. The minimum atomic E-state index is -0.175. The standard InChI is InChI=1S/C25H19Cl2N3O2/c1-15(31)12-21-23(26)29-22(30-24(21)27)13-16-6-10-20(11-7-16)28-25(32)19-9-8-17-4-2-3-5-18(17)14-19/h2-11,14,31H,1,12-13H2,(H,28,32). The van der Waals surface area contributed by atoms with Gasteiger partial charge >= 0.3 is 0 Å². The van der Waals surface area contributed by atoms with Crippen LogP contribution in [0.4, 0.5) is 5.69 Å². The van der Waals surface area contributed by atoms with Gasteiger partial charge in [0.2, 0.25) is 0 Å². The van der Waals surface area contributed by atoms with E-state index in [2.05, 4.69) is 21.9 Å². The van der Waals surface area contributed by atoms with Gasteiger partial charge in [-0.3, -0.25) is 4.79 Å². The number of aliphatic hydroxyl groups excluding tert-OH is 1. The fourth-order valence-corrected chi connectivity index (χ4v) is 3.88.